The van der Waals surface area contributed by atoms with E-state index in [1.165, 1.54) is 18.2 Å². The standard InChI is InChI=1S/C20H14Cl2N6O3S/c1-10-17(26-25-14-7-6-11(22)8-15(14)29)19(31)28(20(32)23-10)27-16(9-21)24-13-5-3-2-4-12(13)18(27)30/h2-8,17,29H,9H2,1H3. The van der Waals surface area contributed by atoms with E-state index in [0.717, 1.165) is 9.69 Å². The van der Waals surface area contributed by atoms with Crippen LogP contribution in [-0.2, 0) is 10.7 Å². The topological polar surface area (TPSA) is 113 Å². The number of rotatable bonds is 4. The Balaban J connectivity index is 1.81. The second kappa shape index (κ2) is 8.73. The third-order valence-corrected chi connectivity index (χ3v) is 5.39. The lowest BCUT2D eigenvalue weighted by atomic mass is 10.1. The summed E-state index contributed by atoms with van der Waals surface area (Å²) < 4.78 is 1.01. The van der Waals surface area contributed by atoms with Crippen LogP contribution in [-0.4, -0.2) is 37.5 Å². The van der Waals surface area contributed by atoms with Gasteiger partial charge in [-0.15, -0.1) is 11.6 Å². The van der Waals surface area contributed by atoms with E-state index >= 15 is 0 Å². The first-order valence-corrected chi connectivity index (χ1v) is 10.5. The van der Waals surface area contributed by atoms with E-state index in [4.69, 9.17) is 35.4 Å². The summed E-state index contributed by atoms with van der Waals surface area (Å²) in [6.45, 7) is 1.57. The molecule has 32 heavy (non-hydrogen) atoms. The number of benzene rings is 2. The summed E-state index contributed by atoms with van der Waals surface area (Å²) in [4.78, 5) is 35.1. The van der Waals surface area contributed by atoms with Crippen LogP contribution in [0.5, 0.6) is 5.75 Å². The van der Waals surface area contributed by atoms with Gasteiger partial charge in [-0.25, -0.2) is 9.98 Å². The van der Waals surface area contributed by atoms with Gasteiger partial charge in [0.2, 0.25) is 5.11 Å². The van der Waals surface area contributed by atoms with Crippen LogP contribution in [0.1, 0.15) is 12.7 Å². The molecule has 1 amide bonds. The zero-order valence-electron chi connectivity index (χ0n) is 16.4. The number of alkyl halides is 1. The summed E-state index contributed by atoms with van der Waals surface area (Å²) in [5, 5.41) is 19.3. The summed E-state index contributed by atoms with van der Waals surface area (Å²) in [7, 11) is 0. The number of aliphatic imine (C=N–C) groups is 1. The molecule has 3 aromatic rings. The maximum atomic E-state index is 13.4. The fourth-order valence-electron chi connectivity index (χ4n) is 3.13. The molecule has 1 N–H and O–H groups in total. The Kier molecular flexibility index (Phi) is 6.00. The Hall–Kier alpha value is -3.21. The average Bonchev–Trinajstić information content (AvgIpc) is 2.76. The van der Waals surface area contributed by atoms with Crippen LogP contribution in [0.2, 0.25) is 5.02 Å². The minimum absolute atomic E-state index is 0.112. The van der Waals surface area contributed by atoms with E-state index in [1.807, 2.05) is 0 Å². The predicted octanol–water partition coefficient (Wildman–Crippen LogP) is 3.87. The zero-order chi connectivity index (χ0) is 23.0. The van der Waals surface area contributed by atoms with Gasteiger partial charge in [-0.2, -0.15) is 19.9 Å². The van der Waals surface area contributed by atoms with Gasteiger partial charge in [0, 0.05) is 11.1 Å². The number of amides is 1. The van der Waals surface area contributed by atoms with Crippen molar-refractivity contribution >= 4 is 68.7 Å². The molecular formula is C20H14Cl2N6O3S. The maximum Gasteiger partial charge on any atom is 0.280 e. The molecule has 2 heterocycles. The van der Waals surface area contributed by atoms with Crippen LogP contribution >= 0.6 is 35.4 Å². The normalized spacial score (nSPS) is 16.8. The fraction of sp³-hybridized carbons (Fsp3) is 0.150. The van der Waals surface area contributed by atoms with Crippen molar-refractivity contribution in [3.63, 3.8) is 0 Å². The lowest BCUT2D eigenvalue weighted by molar-refractivity contribution is -0.119. The summed E-state index contributed by atoms with van der Waals surface area (Å²) in [6.07, 6.45) is 0. The minimum Gasteiger partial charge on any atom is -0.506 e. The number of carbonyl (C=O) groups is 1. The number of hydrogen-bond donors (Lipinski definition) is 1. The molecule has 0 saturated heterocycles. The number of phenolic OH excluding ortho intramolecular Hbond substituents is 1. The average molecular weight is 489 g/mol. The Labute approximate surface area is 196 Å². The molecule has 12 heteroatoms. The van der Waals surface area contributed by atoms with Crippen molar-refractivity contribution in [2.75, 3.05) is 5.01 Å². The highest BCUT2D eigenvalue weighted by Crippen LogP contribution is 2.30. The fourth-order valence-corrected chi connectivity index (χ4v) is 3.78. The molecule has 2 aromatic carbocycles. The van der Waals surface area contributed by atoms with Gasteiger partial charge < -0.3 is 5.11 Å². The van der Waals surface area contributed by atoms with E-state index in [-0.39, 0.29) is 39.4 Å². The van der Waals surface area contributed by atoms with Crippen molar-refractivity contribution in [2.45, 2.75) is 18.8 Å². The van der Waals surface area contributed by atoms with Gasteiger partial charge in [0.25, 0.3) is 11.5 Å². The van der Waals surface area contributed by atoms with Gasteiger partial charge in [0.1, 0.15) is 17.3 Å². The van der Waals surface area contributed by atoms with Gasteiger partial charge in [0.15, 0.2) is 6.04 Å². The molecule has 1 aromatic heterocycles. The monoisotopic (exact) mass is 488 g/mol. The van der Waals surface area contributed by atoms with Gasteiger partial charge in [0.05, 0.1) is 22.5 Å². The van der Waals surface area contributed by atoms with E-state index in [2.05, 4.69) is 20.2 Å². The van der Waals surface area contributed by atoms with Gasteiger partial charge >= 0.3 is 0 Å². The second-order valence-corrected chi connectivity index (χ2v) is 7.80. The number of para-hydroxylation sites is 1. The number of hydrogen-bond acceptors (Lipinski definition) is 7. The molecule has 1 aliphatic heterocycles. The lowest BCUT2D eigenvalue weighted by Gasteiger charge is -2.30. The summed E-state index contributed by atoms with van der Waals surface area (Å²) in [5.41, 5.74) is 0.306. The van der Waals surface area contributed by atoms with Crippen LogP contribution in [0.4, 0.5) is 5.69 Å². The quantitative estimate of drug-likeness (QED) is 0.340. The first kappa shape index (κ1) is 22.0. The van der Waals surface area contributed by atoms with Crippen molar-refractivity contribution in [1.29, 1.82) is 0 Å². The summed E-state index contributed by atoms with van der Waals surface area (Å²) in [6, 6.07) is 9.78. The molecule has 0 saturated carbocycles. The number of fused-ring (bicyclic) bond motifs is 1. The molecule has 0 fully saturated rings. The SMILES string of the molecule is CC1=NC(=S)N(n2c(CCl)nc3ccccc3c2=O)C(=O)C1N=Nc1ccc(Cl)cc1O. The highest BCUT2D eigenvalue weighted by atomic mass is 35.5. The molecule has 0 spiro atoms. The first-order valence-electron chi connectivity index (χ1n) is 9.21. The summed E-state index contributed by atoms with van der Waals surface area (Å²) in [5.74, 6) is -0.900. The van der Waals surface area contributed by atoms with E-state index < -0.39 is 17.5 Å². The van der Waals surface area contributed by atoms with Crippen molar-refractivity contribution in [3.8, 4) is 5.75 Å². The number of aromatic hydroxyl groups is 1. The Morgan fingerprint density at radius 3 is 2.69 bits per heavy atom. The van der Waals surface area contributed by atoms with Gasteiger partial charge in [-0.3, -0.25) is 9.59 Å². The number of nitrogens with zero attached hydrogens (tertiary/aromatic N) is 6. The molecule has 162 valence electrons. The molecule has 1 atom stereocenters. The number of azo groups is 1. The van der Waals surface area contributed by atoms with Gasteiger partial charge in [-0.05, 0) is 43.4 Å². The van der Waals surface area contributed by atoms with Crippen LogP contribution in [0.3, 0.4) is 0 Å². The molecule has 4 rings (SSSR count). The van der Waals surface area contributed by atoms with Crippen LogP contribution in [0.25, 0.3) is 10.9 Å². The first-order chi connectivity index (χ1) is 15.3. The number of thiocarbonyl (C=S) groups is 1. The molecule has 0 radical (unpaired) electrons. The summed E-state index contributed by atoms with van der Waals surface area (Å²) >= 11 is 17.1. The Morgan fingerprint density at radius 1 is 1.22 bits per heavy atom. The van der Waals surface area contributed by atoms with E-state index in [1.54, 1.807) is 31.2 Å². The van der Waals surface area contributed by atoms with Crippen molar-refractivity contribution < 1.29 is 9.90 Å². The molecule has 1 unspecified atom stereocenters. The van der Waals surface area contributed by atoms with Crippen molar-refractivity contribution in [2.24, 2.45) is 15.2 Å². The number of aromatic nitrogens is 2. The Bertz CT molecular complexity index is 1390. The number of halogens is 2. The van der Waals surface area contributed by atoms with Crippen LogP contribution < -0.4 is 10.6 Å². The molecule has 1 aliphatic rings. The molecular weight excluding hydrogens is 475 g/mol. The van der Waals surface area contributed by atoms with Gasteiger partial charge in [-0.1, -0.05) is 23.7 Å². The highest BCUT2D eigenvalue weighted by Gasteiger charge is 2.37. The van der Waals surface area contributed by atoms with Crippen LogP contribution in [0.15, 0.2) is 62.5 Å². The van der Waals surface area contributed by atoms with E-state index in [0.29, 0.717) is 10.5 Å². The second-order valence-electron chi connectivity index (χ2n) is 6.73. The lowest BCUT2D eigenvalue weighted by Crippen LogP contribution is -2.57. The third kappa shape index (κ3) is 3.88. The maximum absolute atomic E-state index is 13.4. The zero-order valence-corrected chi connectivity index (χ0v) is 18.8. The smallest absolute Gasteiger partial charge is 0.280 e. The van der Waals surface area contributed by atoms with Crippen molar-refractivity contribution in [1.82, 2.24) is 9.66 Å². The third-order valence-electron chi connectivity index (χ3n) is 4.65. The molecule has 9 nitrogen and oxygen atoms in total. The number of phenols is 1. The van der Waals surface area contributed by atoms with Crippen molar-refractivity contribution in [3.05, 3.63) is 63.7 Å². The Morgan fingerprint density at radius 2 is 1.97 bits per heavy atom. The van der Waals surface area contributed by atoms with Crippen LogP contribution in [0, 0.1) is 0 Å². The highest BCUT2D eigenvalue weighted by molar-refractivity contribution is 7.80. The molecule has 0 aliphatic carbocycles. The largest absolute Gasteiger partial charge is 0.506 e. The predicted molar refractivity (Wildman–Crippen MR) is 126 cm³/mol. The minimum atomic E-state index is -1.18. The number of carbonyl (C=O) groups excluding carboxylic acids is 1. The molecule has 0 bridgehead atoms. The van der Waals surface area contributed by atoms with E-state index in [9.17, 15) is 14.7 Å².